The number of aryl methyl sites for hydroxylation is 1. The third kappa shape index (κ3) is 3.39. The van der Waals surface area contributed by atoms with E-state index in [4.69, 9.17) is 9.52 Å². The van der Waals surface area contributed by atoms with Crippen molar-refractivity contribution in [3.63, 3.8) is 0 Å². The number of hydrogen-bond donors (Lipinski definition) is 2. The maximum Gasteiger partial charge on any atom is 0.371 e. The van der Waals surface area contributed by atoms with Gasteiger partial charge in [-0.15, -0.1) is 0 Å². The van der Waals surface area contributed by atoms with E-state index in [1.165, 1.54) is 6.07 Å². The number of halogens is 2. The molecule has 19 heavy (non-hydrogen) atoms. The molecule has 1 aromatic carbocycles. The average molecular weight is 389 g/mol. The zero-order chi connectivity index (χ0) is 14.0. The summed E-state index contributed by atoms with van der Waals surface area (Å²) in [6.45, 7) is 2.25. The SMILES string of the molecule is Cc1oc(C(=O)O)cc1CNc1ccc(Br)cc1Br. The van der Waals surface area contributed by atoms with Crippen molar-refractivity contribution in [3.05, 3.63) is 50.3 Å². The highest BCUT2D eigenvalue weighted by Crippen LogP contribution is 2.27. The molecular formula is C13H11Br2NO3. The van der Waals surface area contributed by atoms with E-state index in [9.17, 15) is 4.79 Å². The highest BCUT2D eigenvalue weighted by molar-refractivity contribution is 9.11. The van der Waals surface area contributed by atoms with Gasteiger partial charge in [0.1, 0.15) is 5.76 Å². The van der Waals surface area contributed by atoms with E-state index in [1.54, 1.807) is 6.92 Å². The molecule has 6 heteroatoms. The zero-order valence-electron chi connectivity index (χ0n) is 10.0. The Morgan fingerprint density at radius 3 is 2.68 bits per heavy atom. The summed E-state index contributed by atoms with van der Waals surface area (Å²) in [6.07, 6.45) is 0. The van der Waals surface area contributed by atoms with Crippen LogP contribution in [0.2, 0.25) is 0 Å². The molecule has 2 N–H and O–H groups in total. The summed E-state index contributed by atoms with van der Waals surface area (Å²) >= 11 is 6.84. The first kappa shape index (κ1) is 14.1. The first-order valence-corrected chi connectivity index (χ1v) is 7.07. The van der Waals surface area contributed by atoms with Crippen LogP contribution in [-0.4, -0.2) is 11.1 Å². The van der Waals surface area contributed by atoms with Gasteiger partial charge >= 0.3 is 5.97 Å². The molecular weight excluding hydrogens is 378 g/mol. The summed E-state index contributed by atoms with van der Waals surface area (Å²) in [5.41, 5.74) is 1.76. The fourth-order valence-corrected chi connectivity index (χ4v) is 2.81. The third-order valence-corrected chi connectivity index (χ3v) is 3.78. The van der Waals surface area contributed by atoms with Gasteiger partial charge in [-0.1, -0.05) is 15.9 Å². The maximum atomic E-state index is 10.8. The third-order valence-electron chi connectivity index (χ3n) is 2.63. The number of rotatable bonds is 4. The van der Waals surface area contributed by atoms with Crippen molar-refractivity contribution in [2.24, 2.45) is 0 Å². The van der Waals surface area contributed by atoms with Gasteiger partial charge in [-0.25, -0.2) is 4.79 Å². The summed E-state index contributed by atoms with van der Waals surface area (Å²) in [5.74, 6) is -0.485. The molecule has 100 valence electrons. The Balaban J connectivity index is 2.12. The minimum atomic E-state index is -1.06. The normalized spacial score (nSPS) is 10.5. The first-order valence-electron chi connectivity index (χ1n) is 5.49. The highest BCUT2D eigenvalue weighted by atomic mass is 79.9. The van der Waals surface area contributed by atoms with Crippen molar-refractivity contribution in [2.45, 2.75) is 13.5 Å². The summed E-state index contributed by atoms with van der Waals surface area (Å²) in [7, 11) is 0. The molecule has 1 heterocycles. The lowest BCUT2D eigenvalue weighted by molar-refractivity contribution is 0.0661. The van der Waals surface area contributed by atoms with Crippen molar-refractivity contribution in [1.29, 1.82) is 0 Å². The molecule has 0 aliphatic rings. The van der Waals surface area contributed by atoms with Gasteiger partial charge in [0.25, 0.3) is 0 Å². The van der Waals surface area contributed by atoms with E-state index in [0.29, 0.717) is 12.3 Å². The van der Waals surface area contributed by atoms with Crippen LogP contribution in [0.4, 0.5) is 5.69 Å². The number of carboxylic acids is 1. The van der Waals surface area contributed by atoms with Crippen LogP contribution < -0.4 is 5.32 Å². The van der Waals surface area contributed by atoms with Gasteiger partial charge in [0.15, 0.2) is 0 Å². The van der Waals surface area contributed by atoms with E-state index in [2.05, 4.69) is 37.2 Å². The summed E-state index contributed by atoms with van der Waals surface area (Å²) < 4.78 is 7.07. The van der Waals surface area contributed by atoms with E-state index in [0.717, 1.165) is 20.2 Å². The molecule has 0 saturated carbocycles. The number of furan rings is 1. The number of nitrogens with one attached hydrogen (secondary N) is 1. The molecule has 0 spiro atoms. The predicted octanol–water partition coefficient (Wildman–Crippen LogP) is 4.42. The smallest absolute Gasteiger partial charge is 0.371 e. The largest absolute Gasteiger partial charge is 0.475 e. The average Bonchev–Trinajstić information content (AvgIpc) is 2.70. The second kappa shape index (κ2) is 5.79. The molecule has 0 saturated heterocycles. The number of aromatic carboxylic acids is 1. The number of carboxylic acid groups (broad SMARTS) is 1. The summed E-state index contributed by atoms with van der Waals surface area (Å²) in [4.78, 5) is 10.8. The quantitative estimate of drug-likeness (QED) is 0.813. The molecule has 0 fully saturated rings. The Morgan fingerprint density at radius 1 is 1.37 bits per heavy atom. The molecule has 0 aliphatic heterocycles. The van der Waals surface area contributed by atoms with Crippen LogP contribution >= 0.6 is 31.9 Å². The van der Waals surface area contributed by atoms with E-state index < -0.39 is 5.97 Å². The molecule has 0 bridgehead atoms. The fourth-order valence-electron chi connectivity index (χ4n) is 1.62. The van der Waals surface area contributed by atoms with Gasteiger partial charge < -0.3 is 14.8 Å². The minimum Gasteiger partial charge on any atom is -0.475 e. The number of hydrogen-bond acceptors (Lipinski definition) is 3. The topological polar surface area (TPSA) is 62.5 Å². The van der Waals surface area contributed by atoms with Gasteiger partial charge in [0, 0.05) is 26.7 Å². The number of carbonyl (C=O) groups is 1. The first-order chi connectivity index (χ1) is 8.97. The van der Waals surface area contributed by atoms with Crippen LogP contribution in [0.5, 0.6) is 0 Å². The van der Waals surface area contributed by atoms with E-state index in [-0.39, 0.29) is 5.76 Å². The van der Waals surface area contributed by atoms with Gasteiger partial charge in [-0.2, -0.15) is 0 Å². The van der Waals surface area contributed by atoms with E-state index in [1.807, 2.05) is 18.2 Å². The molecule has 0 radical (unpaired) electrons. The highest BCUT2D eigenvalue weighted by Gasteiger charge is 2.13. The van der Waals surface area contributed by atoms with Gasteiger partial charge in [-0.3, -0.25) is 0 Å². The maximum absolute atomic E-state index is 10.8. The van der Waals surface area contributed by atoms with Crippen LogP contribution in [0.1, 0.15) is 21.9 Å². The van der Waals surface area contributed by atoms with Gasteiger partial charge in [-0.05, 0) is 47.1 Å². The summed E-state index contributed by atoms with van der Waals surface area (Å²) in [5, 5.41) is 12.1. The lowest BCUT2D eigenvalue weighted by atomic mass is 10.2. The van der Waals surface area contributed by atoms with Crippen molar-refractivity contribution in [2.75, 3.05) is 5.32 Å². The van der Waals surface area contributed by atoms with Crippen molar-refractivity contribution >= 4 is 43.5 Å². The van der Waals surface area contributed by atoms with Crippen LogP contribution in [0.25, 0.3) is 0 Å². The number of benzene rings is 1. The summed E-state index contributed by atoms with van der Waals surface area (Å²) in [6, 6.07) is 7.34. The molecule has 2 aromatic rings. The monoisotopic (exact) mass is 387 g/mol. The lowest BCUT2D eigenvalue weighted by Crippen LogP contribution is -2.00. The molecule has 4 nitrogen and oxygen atoms in total. The Labute approximate surface area is 127 Å². The Hall–Kier alpha value is -1.27. The van der Waals surface area contributed by atoms with Gasteiger partial charge in [0.2, 0.25) is 5.76 Å². The second-order valence-electron chi connectivity index (χ2n) is 3.97. The van der Waals surface area contributed by atoms with Crippen LogP contribution in [0.3, 0.4) is 0 Å². The molecule has 0 atom stereocenters. The lowest BCUT2D eigenvalue weighted by Gasteiger charge is -2.08. The standard InChI is InChI=1S/C13H11Br2NO3/c1-7-8(4-12(19-7)13(17)18)6-16-11-3-2-9(14)5-10(11)15/h2-5,16H,6H2,1H3,(H,17,18). The van der Waals surface area contributed by atoms with Crippen LogP contribution in [0, 0.1) is 6.92 Å². The van der Waals surface area contributed by atoms with Crippen LogP contribution in [-0.2, 0) is 6.54 Å². The van der Waals surface area contributed by atoms with Crippen LogP contribution in [0.15, 0.2) is 37.6 Å². The molecule has 0 unspecified atom stereocenters. The second-order valence-corrected chi connectivity index (χ2v) is 5.74. The zero-order valence-corrected chi connectivity index (χ0v) is 13.2. The Kier molecular flexibility index (Phi) is 4.31. The molecule has 2 rings (SSSR count). The van der Waals surface area contributed by atoms with E-state index >= 15 is 0 Å². The predicted molar refractivity (Wildman–Crippen MR) is 79.6 cm³/mol. The van der Waals surface area contributed by atoms with Gasteiger partial charge in [0.05, 0.1) is 0 Å². The van der Waals surface area contributed by atoms with Crippen molar-refractivity contribution in [3.8, 4) is 0 Å². The number of anilines is 1. The molecule has 1 aromatic heterocycles. The van der Waals surface area contributed by atoms with Crippen molar-refractivity contribution in [1.82, 2.24) is 0 Å². The van der Waals surface area contributed by atoms with Crippen molar-refractivity contribution < 1.29 is 14.3 Å². The molecule has 0 aliphatic carbocycles. The fraction of sp³-hybridized carbons (Fsp3) is 0.154. The minimum absolute atomic E-state index is 0.0378. The Morgan fingerprint density at radius 2 is 2.11 bits per heavy atom. The molecule has 0 amide bonds. The Bertz CT molecular complexity index is 622.